The molecule has 3 N–H and O–H groups in total. The van der Waals surface area contributed by atoms with Crippen LogP contribution in [0.2, 0.25) is 0 Å². The lowest BCUT2D eigenvalue weighted by Gasteiger charge is -2.39. The first-order chi connectivity index (χ1) is 15.5. The molecule has 1 aliphatic carbocycles. The average Bonchev–Trinajstić information content (AvgIpc) is 2.79. The Hall–Kier alpha value is -2.92. The van der Waals surface area contributed by atoms with Crippen molar-refractivity contribution < 1.29 is 9.53 Å². The van der Waals surface area contributed by atoms with E-state index in [9.17, 15) is 4.79 Å². The van der Waals surface area contributed by atoms with Crippen molar-refractivity contribution in [3.05, 3.63) is 83.4 Å². The zero-order valence-corrected chi connectivity index (χ0v) is 19.9. The number of nitrogens with one attached hydrogen (secondary N) is 1. The summed E-state index contributed by atoms with van der Waals surface area (Å²) in [6.45, 7) is 2.18. The summed E-state index contributed by atoms with van der Waals surface area (Å²) in [5.74, 6) is 1.03. The fraction of sp³-hybridized carbons (Fsp3) is 0.296. The maximum Gasteiger partial charge on any atom is 0.132 e. The van der Waals surface area contributed by atoms with Gasteiger partial charge < -0.3 is 20.6 Å². The number of hydrogen-bond acceptors (Lipinski definition) is 5. The predicted octanol–water partition coefficient (Wildman–Crippen LogP) is 6.07. The quantitative estimate of drug-likeness (QED) is 0.243. The van der Waals surface area contributed by atoms with E-state index in [2.05, 4.69) is 49.1 Å². The van der Waals surface area contributed by atoms with Gasteiger partial charge in [-0.05, 0) is 53.8 Å². The van der Waals surface area contributed by atoms with E-state index in [1.165, 1.54) is 5.56 Å². The van der Waals surface area contributed by atoms with Crippen molar-refractivity contribution in [2.24, 2.45) is 0 Å². The number of para-hydroxylation sites is 1. The average molecular weight is 449 g/mol. The van der Waals surface area contributed by atoms with Gasteiger partial charge in [-0.15, -0.1) is 12.6 Å². The van der Waals surface area contributed by atoms with Crippen LogP contribution in [0.15, 0.2) is 71.6 Å². The van der Waals surface area contributed by atoms with E-state index in [1.807, 2.05) is 49.5 Å². The van der Waals surface area contributed by atoms with Gasteiger partial charge in [0, 0.05) is 29.2 Å². The van der Waals surface area contributed by atoms with Gasteiger partial charge in [-0.2, -0.15) is 0 Å². The Morgan fingerprint density at radius 1 is 1.09 bits per heavy atom. The molecule has 4 nitrogen and oxygen atoms in total. The SMILES string of the molecule is CNc1c(C(C)c2ccccc2)cc(N)cc1C1(C=O)CCC1.COc1ccccc1S. The van der Waals surface area contributed by atoms with E-state index in [0.717, 1.165) is 58.7 Å². The van der Waals surface area contributed by atoms with Gasteiger partial charge in [0.05, 0.1) is 12.5 Å². The molecule has 3 aromatic carbocycles. The number of thiol groups is 1. The molecule has 0 radical (unpaired) electrons. The van der Waals surface area contributed by atoms with Gasteiger partial charge >= 0.3 is 0 Å². The Morgan fingerprint density at radius 3 is 2.25 bits per heavy atom. The van der Waals surface area contributed by atoms with E-state index >= 15 is 0 Å². The van der Waals surface area contributed by atoms with Gasteiger partial charge in [0.25, 0.3) is 0 Å². The minimum absolute atomic E-state index is 0.213. The molecule has 0 aliphatic heterocycles. The van der Waals surface area contributed by atoms with E-state index in [0.29, 0.717) is 0 Å². The van der Waals surface area contributed by atoms with Crippen molar-refractivity contribution in [1.82, 2.24) is 0 Å². The molecule has 0 aromatic heterocycles. The van der Waals surface area contributed by atoms with Crippen LogP contribution in [-0.2, 0) is 10.2 Å². The molecule has 1 fully saturated rings. The van der Waals surface area contributed by atoms with Crippen LogP contribution < -0.4 is 15.8 Å². The fourth-order valence-electron chi connectivity index (χ4n) is 4.26. The molecule has 168 valence electrons. The topological polar surface area (TPSA) is 64.3 Å². The summed E-state index contributed by atoms with van der Waals surface area (Å²) in [6.07, 6.45) is 4.03. The number of ether oxygens (including phenoxy) is 1. The number of hydrogen-bond donors (Lipinski definition) is 3. The fourth-order valence-corrected chi connectivity index (χ4v) is 4.51. The molecule has 1 atom stereocenters. The highest BCUT2D eigenvalue weighted by Gasteiger charge is 2.41. The van der Waals surface area contributed by atoms with Crippen LogP contribution in [0.4, 0.5) is 11.4 Å². The van der Waals surface area contributed by atoms with Crippen LogP contribution in [0.3, 0.4) is 0 Å². The summed E-state index contributed by atoms with van der Waals surface area (Å²) in [4.78, 5) is 12.6. The highest BCUT2D eigenvalue weighted by Crippen LogP contribution is 2.48. The Balaban J connectivity index is 0.000000269. The number of aldehydes is 1. The summed E-state index contributed by atoms with van der Waals surface area (Å²) in [6, 6.07) is 22.0. The second-order valence-electron chi connectivity index (χ2n) is 8.21. The predicted molar refractivity (Wildman–Crippen MR) is 136 cm³/mol. The number of rotatable bonds is 6. The van der Waals surface area contributed by atoms with Crippen LogP contribution in [-0.4, -0.2) is 20.4 Å². The van der Waals surface area contributed by atoms with Crippen LogP contribution in [0.5, 0.6) is 5.75 Å². The minimum atomic E-state index is -0.362. The van der Waals surface area contributed by atoms with E-state index in [4.69, 9.17) is 10.5 Å². The number of methoxy groups -OCH3 is 1. The van der Waals surface area contributed by atoms with Crippen molar-refractivity contribution in [3.63, 3.8) is 0 Å². The molecule has 32 heavy (non-hydrogen) atoms. The van der Waals surface area contributed by atoms with Crippen LogP contribution in [0.1, 0.15) is 48.8 Å². The maximum atomic E-state index is 11.8. The van der Waals surface area contributed by atoms with E-state index in [-0.39, 0.29) is 11.3 Å². The molecule has 4 rings (SSSR count). The van der Waals surface area contributed by atoms with Gasteiger partial charge in [-0.3, -0.25) is 0 Å². The van der Waals surface area contributed by atoms with Crippen molar-refractivity contribution in [2.75, 3.05) is 25.2 Å². The molecular formula is C27H32N2O2S. The van der Waals surface area contributed by atoms with E-state index in [1.54, 1.807) is 7.11 Å². The Morgan fingerprint density at radius 2 is 1.75 bits per heavy atom. The Bertz CT molecular complexity index is 1050. The van der Waals surface area contributed by atoms with Gasteiger partial charge in [-0.25, -0.2) is 0 Å². The van der Waals surface area contributed by atoms with Crippen molar-refractivity contribution in [3.8, 4) is 5.75 Å². The van der Waals surface area contributed by atoms with Gasteiger partial charge in [0.15, 0.2) is 0 Å². The van der Waals surface area contributed by atoms with Gasteiger partial charge in [-0.1, -0.05) is 55.8 Å². The number of carbonyl (C=O) groups is 1. The smallest absolute Gasteiger partial charge is 0.132 e. The number of anilines is 2. The lowest BCUT2D eigenvalue weighted by molar-refractivity contribution is -0.115. The Kier molecular flexibility index (Phi) is 7.86. The highest BCUT2D eigenvalue weighted by atomic mass is 32.1. The third kappa shape index (κ3) is 4.94. The Labute approximate surface area is 196 Å². The second kappa shape index (κ2) is 10.6. The first-order valence-corrected chi connectivity index (χ1v) is 11.4. The molecule has 0 saturated heterocycles. The van der Waals surface area contributed by atoms with Crippen molar-refractivity contribution in [1.29, 1.82) is 0 Å². The van der Waals surface area contributed by atoms with Crippen LogP contribution in [0.25, 0.3) is 0 Å². The molecule has 0 heterocycles. The number of nitrogen functional groups attached to an aromatic ring is 1. The summed E-state index contributed by atoms with van der Waals surface area (Å²) in [5, 5.41) is 3.34. The first kappa shape index (κ1) is 23.7. The third-order valence-electron chi connectivity index (χ3n) is 6.30. The summed E-state index contributed by atoms with van der Waals surface area (Å²) in [7, 11) is 3.56. The zero-order chi connectivity index (χ0) is 23.1. The molecule has 0 amide bonds. The molecule has 1 aliphatic rings. The molecule has 1 unspecified atom stereocenters. The van der Waals surface area contributed by atoms with Crippen LogP contribution in [0, 0.1) is 0 Å². The molecule has 3 aromatic rings. The zero-order valence-electron chi connectivity index (χ0n) is 19.0. The normalized spacial score (nSPS) is 14.9. The number of carbonyl (C=O) groups excluding carboxylic acids is 1. The lowest BCUT2D eigenvalue weighted by Crippen LogP contribution is -2.36. The van der Waals surface area contributed by atoms with Crippen LogP contribution >= 0.6 is 12.6 Å². The molecule has 0 bridgehead atoms. The number of nitrogens with two attached hydrogens (primary N) is 1. The standard InChI is InChI=1S/C20H24N2O.C7H8OS/c1-14(15-7-4-3-5-8-15)17-11-16(21)12-18(19(17)22-2)20(13-23)9-6-10-20;1-8-6-4-2-3-5-7(6)9/h3-5,7-8,11-14,22H,6,9-10,21H2,1-2H3;2-5,9H,1H3. The molecule has 0 spiro atoms. The van der Waals surface area contributed by atoms with Crippen molar-refractivity contribution in [2.45, 2.75) is 42.4 Å². The second-order valence-corrected chi connectivity index (χ2v) is 8.70. The van der Waals surface area contributed by atoms with E-state index < -0.39 is 0 Å². The molecular weight excluding hydrogens is 416 g/mol. The third-order valence-corrected chi connectivity index (χ3v) is 6.67. The summed E-state index contributed by atoms with van der Waals surface area (Å²) in [5.41, 5.74) is 11.1. The highest BCUT2D eigenvalue weighted by molar-refractivity contribution is 7.80. The minimum Gasteiger partial charge on any atom is -0.496 e. The molecule has 1 saturated carbocycles. The monoisotopic (exact) mass is 448 g/mol. The largest absolute Gasteiger partial charge is 0.496 e. The van der Waals surface area contributed by atoms with Crippen molar-refractivity contribution >= 4 is 30.3 Å². The van der Waals surface area contributed by atoms with Gasteiger partial charge in [0.1, 0.15) is 12.0 Å². The summed E-state index contributed by atoms with van der Waals surface area (Å²) < 4.78 is 4.97. The number of benzene rings is 3. The first-order valence-electron chi connectivity index (χ1n) is 10.9. The maximum absolute atomic E-state index is 11.8. The summed E-state index contributed by atoms with van der Waals surface area (Å²) >= 11 is 4.15. The molecule has 5 heteroatoms. The lowest BCUT2D eigenvalue weighted by atomic mass is 9.64. The van der Waals surface area contributed by atoms with Gasteiger partial charge in [0.2, 0.25) is 0 Å².